The Kier molecular flexibility index (Phi) is 29.6. The third-order valence-electron chi connectivity index (χ3n) is 13.4. The van der Waals surface area contributed by atoms with Crippen LogP contribution in [0.15, 0.2) is 12.4 Å². The molecule has 6 rings (SSSR count). The molecule has 0 unspecified atom stereocenters. The minimum absolute atomic E-state index is 0.0109. The third kappa shape index (κ3) is 22.3. The number of aromatic nitrogens is 8. The zero-order valence-electron chi connectivity index (χ0n) is 55.8. The number of phosphoric ester groups is 1. The van der Waals surface area contributed by atoms with Crippen LogP contribution >= 0.6 is 63.4 Å². The molecular weight excluding hydrogens is 1320 g/mol. The highest BCUT2D eigenvalue weighted by atomic mass is 32.2. The van der Waals surface area contributed by atoms with Crippen molar-refractivity contribution in [1.29, 1.82) is 0 Å². The summed E-state index contributed by atoms with van der Waals surface area (Å²) in [4.78, 5) is 64.4. The van der Waals surface area contributed by atoms with Crippen LogP contribution in [0.25, 0.3) is 11.3 Å². The van der Waals surface area contributed by atoms with E-state index < -0.39 is 88.2 Å². The zero-order chi connectivity index (χ0) is 69.9. The predicted molar refractivity (Wildman–Crippen MR) is 359 cm³/mol. The van der Waals surface area contributed by atoms with Gasteiger partial charge in [0.05, 0.1) is 63.4 Å². The molecule has 2 saturated heterocycles. The Balaban J connectivity index is 0.000000316. The summed E-state index contributed by atoms with van der Waals surface area (Å²) in [7, 11) is -5.50. The summed E-state index contributed by atoms with van der Waals surface area (Å²) < 4.78 is 58.5. The summed E-state index contributed by atoms with van der Waals surface area (Å²) in [6.07, 6.45) is -4.20. The van der Waals surface area contributed by atoms with Crippen LogP contribution in [0.1, 0.15) is 148 Å². The van der Waals surface area contributed by atoms with Gasteiger partial charge in [-0.3, -0.25) is 32.7 Å². The number of fused-ring (bicyclic) bond motifs is 2. The van der Waals surface area contributed by atoms with Crippen molar-refractivity contribution in [1.82, 2.24) is 43.8 Å². The first-order valence-corrected chi connectivity index (χ1v) is 36.2. The highest BCUT2D eigenvalue weighted by Gasteiger charge is 2.55. The van der Waals surface area contributed by atoms with E-state index in [0.717, 1.165) is 23.5 Å². The summed E-state index contributed by atoms with van der Waals surface area (Å²) >= 11 is 4.68. The molecule has 30 nitrogen and oxygen atoms in total. The van der Waals surface area contributed by atoms with E-state index in [4.69, 9.17) is 55.0 Å². The molecule has 2 aliphatic rings. The fraction of sp³-hybridized carbons (Fsp3) is 0.750. The van der Waals surface area contributed by atoms with Crippen molar-refractivity contribution in [2.45, 2.75) is 185 Å². The third-order valence-corrected chi connectivity index (χ3v) is 22.0. The first-order chi connectivity index (χ1) is 42.3. The van der Waals surface area contributed by atoms with Crippen LogP contribution in [-0.4, -0.2) is 200 Å². The van der Waals surface area contributed by atoms with Crippen molar-refractivity contribution in [3.05, 3.63) is 23.8 Å². The van der Waals surface area contributed by atoms with Crippen LogP contribution in [0, 0.1) is 21.7 Å². The SMILES string of the molecule is CC(C)(C)C(=O)SCCOP(=O)(OCCSC(=O)C(C)(C)C)OC[C@H]1O[C@@H](c2cnc3c(N)nc(N)nn23)[C@](C)(O)[C@@H]1O.CC(C)N(C(C)C)P(OCCSC(=O)C(C)(C)C)OCCSC(=O)C(C)(C)C.C[C@@]1(O)[C@H](O)[C@@H](CO)O[C@H]1c1cnc2c(N)nc(N)nn12. The van der Waals surface area contributed by atoms with Crippen LogP contribution in [0.2, 0.25) is 0 Å². The number of nitrogens with two attached hydrogens (primary N) is 4. The van der Waals surface area contributed by atoms with Gasteiger partial charge in [-0.2, -0.15) is 9.97 Å². The van der Waals surface area contributed by atoms with Gasteiger partial charge < -0.3 is 67.0 Å². The van der Waals surface area contributed by atoms with Gasteiger partial charge in [0.2, 0.25) is 11.9 Å². The Bertz CT molecular complexity index is 3080. The van der Waals surface area contributed by atoms with Crippen LogP contribution < -0.4 is 22.9 Å². The number of nitrogens with zero attached hydrogens (tertiary/aromatic N) is 9. The summed E-state index contributed by atoms with van der Waals surface area (Å²) in [6, 6.07) is 0.553. The quantitative estimate of drug-likeness (QED) is 0.0255. The lowest BCUT2D eigenvalue weighted by Gasteiger charge is -2.35. The average Bonchev–Trinajstić information content (AvgIpc) is 1.60. The zero-order valence-corrected chi connectivity index (χ0v) is 60.9. The molecule has 2 aliphatic heterocycles. The van der Waals surface area contributed by atoms with Crippen molar-refractivity contribution < 1.29 is 81.4 Å². The van der Waals surface area contributed by atoms with Gasteiger partial charge in [-0.1, -0.05) is 130 Å². The van der Waals surface area contributed by atoms with E-state index in [1.807, 2.05) is 41.5 Å². The van der Waals surface area contributed by atoms with Gasteiger partial charge in [0.1, 0.15) is 47.8 Å². The predicted octanol–water partition coefficient (Wildman–Crippen LogP) is 6.42. The van der Waals surface area contributed by atoms with Crippen LogP contribution in [0.3, 0.4) is 0 Å². The van der Waals surface area contributed by atoms with Crippen LogP contribution in [0.4, 0.5) is 23.5 Å². The standard InChI is InChI=1S/C25H41N6O9PS2.C20H40NO4PS2.C11H16N6O4/c1-23(2,3)20(33)42-10-8-37-41(36,38-9-11-43-21(34)24(4,5)6)39-13-15-16(32)25(7,35)17(40-15)14-12-28-19-18(26)29-22(27)30-31(14)19;1-15(2)21(16(3)4)26(24-11-13-27-17(22)19(5,6)7)25-12-14-28-18(23)20(8,9)10;1-11(20)6(19)5(3-18)21-7(11)4-2-14-9-8(12)15-10(13)16-17(4)9/h12,15-17,32,35H,8-11,13H2,1-7H3,(H4,26,27,29,30);15-16H,11-14H2,1-10H3;2,5-7,18-20H,3H2,1H3,(H4,12,13,15,16)/t15-,16-,17+,25-;;5-,6-,7+,11-/m1.1/s1. The molecule has 0 radical (unpaired) electrons. The lowest BCUT2D eigenvalue weighted by molar-refractivity contribution is -0.118. The van der Waals surface area contributed by atoms with Crippen molar-refractivity contribution in [2.75, 3.05) is 85.6 Å². The van der Waals surface area contributed by atoms with Crippen molar-refractivity contribution >= 4 is 119 Å². The summed E-state index contributed by atoms with van der Waals surface area (Å²) in [5.41, 5.74) is 18.6. The Hall–Kier alpha value is -3.48. The molecule has 0 aliphatic carbocycles. The number of hydrogen-bond donors (Lipinski definition) is 9. The molecule has 4 aromatic heterocycles. The second-order valence-electron chi connectivity index (χ2n) is 26.6. The number of rotatable bonds is 25. The number of carbonyl (C=O) groups excluding carboxylic acids is 4. The van der Waals surface area contributed by atoms with Gasteiger partial charge in [0, 0.05) is 56.8 Å². The van der Waals surface area contributed by atoms with E-state index in [1.54, 1.807) is 41.5 Å². The number of imidazole rings is 2. The van der Waals surface area contributed by atoms with Gasteiger partial charge in [-0.25, -0.2) is 28.2 Å². The smallest absolute Gasteiger partial charge is 0.394 e. The molecule has 36 heteroatoms. The van der Waals surface area contributed by atoms with E-state index in [1.165, 1.54) is 58.8 Å². The number of thioether (sulfide) groups is 4. The fourth-order valence-electron chi connectivity index (χ4n) is 8.43. The topological polar surface area (TPSA) is 445 Å². The first-order valence-electron chi connectivity index (χ1n) is 29.6. The number of aliphatic hydroxyl groups is 5. The number of hydrogen-bond acceptors (Lipinski definition) is 32. The molecule has 522 valence electrons. The van der Waals surface area contributed by atoms with Gasteiger partial charge in [0.25, 0.3) is 8.53 Å². The van der Waals surface area contributed by atoms with Gasteiger partial charge in [-0.05, 0) is 41.5 Å². The fourth-order valence-corrected chi connectivity index (χ4v) is 14.8. The average molecular weight is 1410 g/mol. The lowest BCUT2D eigenvalue weighted by Crippen LogP contribution is -2.43. The van der Waals surface area contributed by atoms with Gasteiger partial charge in [0.15, 0.2) is 43.4 Å². The van der Waals surface area contributed by atoms with Gasteiger partial charge >= 0.3 is 7.82 Å². The molecule has 2 fully saturated rings. The van der Waals surface area contributed by atoms with Crippen molar-refractivity contribution in [3.63, 3.8) is 0 Å². The second kappa shape index (κ2) is 33.7. The molecular formula is C56H97N13O17P2S4. The summed E-state index contributed by atoms with van der Waals surface area (Å²) in [5.74, 6) is 1.50. The largest absolute Gasteiger partial charge is 0.474 e. The van der Waals surface area contributed by atoms with E-state index in [0.29, 0.717) is 30.4 Å². The molecule has 4 aromatic rings. The highest BCUT2D eigenvalue weighted by Crippen LogP contribution is 2.52. The van der Waals surface area contributed by atoms with Crippen molar-refractivity contribution in [3.8, 4) is 0 Å². The van der Waals surface area contributed by atoms with E-state index >= 15 is 0 Å². The maximum Gasteiger partial charge on any atom is 0.474 e. The Morgan fingerprint density at radius 3 is 1.25 bits per heavy atom. The number of anilines is 4. The summed E-state index contributed by atoms with van der Waals surface area (Å²) in [5, 5.41) is 60.1. The van der Waals surface area contributed by atoms with Crippen LogP contribution in [0.5, 0.6) is 0 Å². The lowest BCUT2D eigenvalue weighted by atomic mass is 9.91. The number of phosphoric acid groups is 1. The normalized spacial score (nSPS) is 22.4. The second-order valence-corrected chi connectivity index (χ2v) is 34.0. The minimum atomic E-state index is -4.27. The molecule has 0 saturated carbocycles. The summed E-state index contributed by atoms with van der Waals surface area (Å²) in [6.45, 7) is 33.2. The molecule has 8 atom stereocenters. The molecule has 92 heavy (non-hydrogen) atoms. The number of ether oxygens (including phenoxy) is 2. The van der Waals surface area contributed by atoms with E-state index in [9.17, 15) is 49.3 Å². The molecule has 13 N–H and O–H groups in total. The van der Waals surface area contributed by atoms with Gasteiger partial charge in [-0.15, -0.1) is 10.2 Å². The van der Waals surface area contributed by atoms with Crippen molar-refractivity contribution in [2.24, 2.45) is 21.7 Å². The van der Waals surface area contributed by atoms with E-state index in [2.05, 4.69) is 62.5 Å². The molecule has 0 amide bonds. The molecule has 0 aromatic carbocycles. The molecule has 6 heterocycles. The molecule has 0 bridgehead atoms. The molecule has 0 spiro atoms. The van der Waals surface area contributed by atoms with Crippen LogP contribution in [-0.2, 0) is 55.8 Å². The monoisotopic (exact) mass is 1410 g/mol. The number of aliphatic hydroxyl groups excluding tert-OH is 3. The minimum Gasteiger partial charge on any atom is -0.394 e. The highest BCUT2D eigenvalue weighted by molar-refractivity contribution is 8.14. The Morgan fingerprint density at radius 2 is 0.935 bits per heavy atom. The first kappa shape index (κ1) is 81.0. The Labute approximate surface area is 556 Å². The maximum atomic E-state index is 13.6. The number of nitrogen functional groups attached to an aromatic ring is 4. The number of carbonyl (C=O) groups is 4. The van der Waals surface area contributed by atoms with E-state index in [-0.39, 0.29) is 109 Å². The Morgan fingerprint density at radius 1 is 0.609 bits per heavy atom. The maximum absolute atomic E-state index is 13.6.